The lowest BCUT2D eigenvalue weighted by Gasteiger charge is -2.10. The average Bonchev–Trinajstić information content (AvgIpc) is 2.74. The van der Waals surface area contributed by atoms with Gasteiger partial charge in [0.25, 0.3) is 0 Å². The predicted molar refractivity (Wildman–Crippen MR) is 113 cm³/mol. The van der Waals surface area contributed by atoms with Gasteiger partial charge in [-0.2, -0.15) is 18.3 Å². The van der Waals surface area contributed by atoms with Gasteiger partial charge in [0.2, 0.25) is 0 Å². The molecule has 160 valence electrons. The number of ether oxygens (including phenoxy) is 1. The summed E-state index contributed by atoms with van der Waals surface area (Å²) < 4.78 is 43.9. The van der Waals surface area contributed by atoms with Crippen molar-refractivity contribution in [2.45, 2.75) is 6.18 Å². The van der Waals surface area contributed by atoms with Crippen molar-refractivity contribution in [3.8, 4) is 11.5 Å². The number of alkyl halides is 3. The summed E-state index contributed by atoms with van der Waals surface area (Å²) in [5.41, 5.74) is 7.48. The fourth-order valence-corrected chi connectivity index (χ4v) is 2.64. The van der Waals surface area contributed by atoms with E-state index in [1.165, 1.54) is 12.3 Å². The van der Waals surface area contributed by atoms with Crippen LogP contribution in [0.3, 0.4) is 0 Å². The Morgan fingerprint density at radius 3 is 2.52 bits per heavy atom. The van der Waals surface area contributed by atoms with Gasteiger partial charge in [0.05, 0.1) is 12.2 Å². The Morgan fingerprint density at radius 1 is 1.06 bits per heavy atom. The highest BCUT2D eigenvalue weighted by Gasteiger charge is 2.32. The lowest BCUT2D eigenvalue weighted by Crippen LogP contribution is -2.10. The maximum atomic E-state index is 12.7. The van der Waals surface area contributed by atoms with Crippen LogP contribution in [0.1, 0.15) is 5.69 Å². The minimum atomic E-state index is -4.53. The second-order valence-corrected chi connectivity index (χ2v) is 6.69. The van der Waals surface area contributed by atoms with Crippen LogP contribution in [-0.2, 0) is 6.18 Å². The van der Waals surface area contributed by atoms with Gasteiger partial charge >= 0.3 is 6.18 Å². The molecule has 10 heteroatoms. The zero-order valence-electron chi connectivity index (χ0n) is 15.9. The first-order valence-corrected chi connectivity index (χ1v) is 9.35. The standard InChI is InChI=1S/C21H17ClF3N5O/c22-14-2-1-3-19(10-14)31-18-6-4-15(5-7-18)28-12-17(30-26)13-29-16-8-9-27-20(11-16)21(23,24)25/h1-12,26,28H,13H2,(H,27,29)/b17-12-,30-26?. The normalized spacial score (nSPS) is 11.7. The molecule has 0 aliphatic heterocycles. The van der Waals surface area contributed by atoms with Gasteiger partial charge in [-0.05, 0) is 54.6 Å². The molecule has 0 bridgehead atoms. The number of anilines is 2. The van der Waals surface area contributed by atoms with Crippen LogP contribution >= 0.6 is 11.6 Å². The van der Waals surface area contributed by atoms with Gasteiger partial charge in [-0.3, -0.25) is 4.98 Å². The van der Waals surface area contributed by atoms with Crippen molar-refractivity contribution in [1.29, 1.82) is 5.53 Å². The van der Waals surface area contributed by atoms with Gasteiger partial charge in [-0.25, -0.2) is 5.53 Å². The molecule has 2 aromatic carbocycles. The molecule has 0 atom stereocenters. The molecule has 3 N–H and O–H groups in total. The molecule has 0 fully saturated rings. The zero-order valence-corrected chi connectivity index (χ0v) is 16.7. The first kappa shape index (κ1) is 22.1. The van der Waals surface area contributed by atoms with E-state index in [4.69, 9.17) is 21.9 Å². The van der Waals surface area contributed by atoms with Gasteiger partial charge in [0.15, 0.2) is 0 Å². The monoisotopic (exact) mass is 447 g/mol. The Hall–Kier alpha value is -3.59. The van der Waals surface area contributed by atoms with Crippen LogP contribution in [0.4, 0.5) is 24.5 Å². The number of hydrogen-bond donors (Lipinski definition) is 3. The lowest BCUT2D eigenvalue weighted by atomic mass is 10.3. The largest absolute Gasteiger partial charge is 0.457 e. The zero-order chi connectivity index (χ0) is 22.3. The molecular formula is C21H17ClF3N5O. The van der Waals surface area contributed by atoms with Gasteiger partial charge in [-0.1, -0.05) is 17.7 Å². The summed E-state index contributed by atoms with van der Waals surface area (Å²) in [7, 11) is 0. The lowest BCUT2D eigenvalue weighted by molar-refractivity contribution is -0.141. The highest BCUT2D eigenvalue weighted by atomic mass is 35.5. The van der Waals surface area contributed by atoms with Crippen molar-refractivity contribution >= 4 is 23.0 Å². The molecule has 3 rings (SSSR count). The number of aromatic nitrogens is 1. The topological polar surface area (TPSA) is 82.4 Å². The Morgan fingerprint density at radius 2 is 1.84 bits per heavy atom. The van der Waals surface area contributed by atoms with E-state index in [1.54, 1.807) is 48.5 Å². The summed E-state index contributed by atoms with van der Waals surface area (Å²) in [5, 5.41) is 9.73. The molecule has 0 aliphatic rings. The van der Waals surface area contributed by atoms with Crippen LogP contribution in [-0.4, -0.2) is 11.5 Å². The van der Waals surface area contributed by atoms with E-state index < -0.39 is 11.9 Å². The molecule has 0 saturated carbocycles. The van der Waals surface area contributed by atoms with Crippen LogP contribution < -0.4 is 15.4 Å². The highest BCUT2D eigenvalue weighted by molar-refractivity contribution is 6.30. The number of hydrogen-bond acceptors (Lipinski definition) is 6. The molecule has 0 radical (unpaired) electrons. The van der Waals surface area contributed by atoms with Crippen molar-refractivity contribution < 1.29 is 17.9 Å². The Kier molecular flexibility index (Phi) is 7.09. The van der Waals surface area contributed by atoms with E-state index >= 15 is 0 Å². The molecule has 1 heterocycles. The van der Waals surface area contributed by atoms with Gasteiger partial charge < -0.3 is 15.4 Å². The maximum absolute atomic E-state index is 12.7. The van der Waals surface area contributed by atoms with E-state index in [-0.39, 0.29) is 17.9 Å². The van der Waals surface area contributed by atoms with Crippen LogP contribution in [0.25, 0.3) is 0 Å². The molecule has 0 saturated heterocycles. The Labute approximate surface area is 181 Å². The Bertz CT molecular complexity index is 1070. The Balaban J connectivity index is 1.57. The summed E-state index contributed by atoms with van der Waals surface area (Å²) >= 11 is 5.93. The number of halogens is 4. The summed E-state index contributed by atoms with van der Waals surface area (Å²) in [6, 6.07) is 16.4. The summed E-state index contributed by atoms with van der Waals surface area (Å²) in [5.74, 6) is 1.22. The fraction of sp³-hybridized carbons (Fsp3) is 0.0952. The summed E-state index contributed by atoms with van der Waals surface area (Å²) in [6.45, 7) is 0.0494. The van der Waals surface area contributed by atoms with E-state index in [0.717, 1.165) is 12.3 Å². The average molecular weight is 448 g/mol. The number of nitrogens with one attached hydrogen (secondary N) is 3. The van der Waals surface area contributed by atoms with Gasteiger partial charge in [-0.15, -0.1) is 0 Å². The SMILES string of the molecule is N=N/C(=C\Nc1ccc(Oc2cccc(Cl)c2)cc1)CNc1ccnc(C(F)(F)F)c1. The minimum absolute atomic E-state index is 0.0494. The highest BCUT2D eigenvalue weighted by Crippen LogP contribution is 2.29. The molecule has 1 aromatic heterocycles. The minimum Gasteiger partial charge on any atom is -0.457 e. The molecule has 3 aromatic rings. The molecule has 0 amide bonds. The second kappa shape index (κ2) is 9.94. The third-order valence-electron chi connectivity index (χ3n) is 3.96. The number of benzene rings is 2. The van der Waals surface area contributed by atoms with E-state index in [0.29, 0.717) is 22.2 Å². The van der Waals surface area contributed by atoms with Crippen LogP contribution in [0, 0.1) is 5.53 Å². The summed E-state index contributed by atoms with van der Waals surface area (Å²) in [6.07, 6.45) is -1.98. The molecule has 6 nitrogen and oxygen atoms in total. The fourth-order valence-electron chi connectivity index (χ4n) is 2.46. The molecule has 31 heavy (non-hydrogen) atoms. The van der Waals surface area contributed by atoms with Crippen molar-refractivity contribution in [1.82, 2.24) is 4.98 Å². The summed E-state index contributed by atoms with van der Waals surface area (Å²) in [4.78, 5) is 3.30. The second-order valence-electron chi connectivity index (χ2n) is 6.26. The molecule has 0 unspecified atom stereocenters. The number of nitrogens with zero attached hydrogens (tertiary/aromatic N) is 2. The van der Waals surface area contributed by atoms with Crippen LogP contribution in [0.5, 0.6) is 11.5 Å². The van der Waals surface area contributed by atoms with Crippen LogP contribution in [0.15, 0.2) is 83.9 Å². The first-order valence-electron chi connectivity index (χ1n) is 8.97. The third-order valence-corrected chi connectivity index (χ3v) is 4.19. The number of rotatable bonds is 8. The van der Waals surface area contributed by atoms with E-state index in [9.17, 15) is 13.2 Å². The van der Waals surface area contributed by atoms with E-state index in [2.05, 4.69) is 20.7 Å². The van der Waals surface area contributed by atoms with E-state index in [1.807, 2.05) is 0 Å². The van der Waals surface area contributed by atoms with Crippen molar-refractivity contribution in [3.05, 3.63) is 89.5 Å². The maximum Gasteiger partial charge on any atom is 0.433 e. The van der Waals surface area contributed by atoms with Crippen molar-refractivity contribution in [2.24, 2.45) is 5.11 Å². The predicted octanol–water partition coefficient (Wildman–Crippen LogP) is 6.94. The molecular weight excluding hydrogens is 431 g/mol. The quantitative estimate of drug-likeness (QED) is 0.326. The smallest absolute Gasteiger partial charge is 0.433 e. The van der Waals surface area contributed by atoms with Crippen molar-refractivity contribution in [2.75, 3.05) is 17.2 Å². The molecule has 0 spiro atoms. The van der Waals surface area contributed by atoms with Crippen molar-refractivity contribution in [3.63, 3.8) is 0 Å². The number of pyridine rings is 1. The van der Waals surface area contributed by atoms with Crippen LogP contribution in [0.2, 0.25) is 5.02 Å². The third kappa shape index (κ3) is 6.71. The molecule has 0 aliphatic carbocycles. The van der Waals surface area contributed by atoms with Gasteiger partial charge in [0.1, 0.15) is 17.2 Å². The first-order chi connectivity index (χ1) is 14.8. The van der Waals surface area contributed by atoms with Gasteiger partial charge in [0, 0.05) is 28.8 Å².